The Balaban J connectivity index is 1.76. The number of anilines is 1. The summed E-state index contributed by atoms with van der Waals surface area (Å²) in [7, 11) is 0. The SMILES string of the molecule is CC(=O)c1c(F)cccc1NC1CCOC(c2ccccc2)C1. The first-order chi connectivity index (χ1) is 11.1. The highest BCUT2D eigenvalue weighted by molar-refractivity contribution is 5.99. The van der Waals surface area contributed by atoms with Crippen LogP contribution in [0.25, 0.3) is 0 Å². The molecule has 0 amide bonds. The molecular weight excluding hydrogens is 293 g/mol. The number of hydrogen-bond donors (Lipinski definition) is 1. The van der Waals surface area contributed by atoms with E-state index in [-0.39, 0.29) is 23.5 Å². The molecule has 1 N–H and O–H groups in total. The molecule has 4 heteroatoms. The molecule has 2 unspecified atom stereocenters. The zero-order chi connectivity index (χ0) is 16.2. The second-order valence-electron chi connectivity index (χ2n) is 5.85. The molecule has 0 bridgehead atoms. The van der Waals surface area contributed by atoms with Gasteiger partial charge in [-0.05, 0) is 37.5 Å². The van der Waals surface area contributed by atoms with E-state index in [1.54, 1.807) is 12.1 Å². The van der Waals surface area contributed by atoms with Crippen LogP contribution in [-0.2, 0) is 4.74 Å². The fourth-order valence-corrected chi connectivity index (χ4v) is 3.05. The summed E-state index contributed by atoms with van der Waals surface area (Å²) < 4.78 is 19.8. The van der Waals surface area contributed by atoms with Crippen molar-refractivity contribution in [3.8, 4) is 0 Å². The summed E-state index contributed by atoms with van der Waals surface area (Å²) in [5.74, 6) is -0.744. The molecule has 1 aliphatic heterocycles. The lowest BCUT2D eigenvalue weighted by Crippen LogP contribution is -2.30. The van der Waals surface area contributed by atoms with Crippen LogP contribution in [-0.4, -0.2) is 18.4 Å². The van der Waals surface area contributed by atoms with E-state index in [1.165, 1.54) is 13.0 Å². The molecule has 0 saturated carbocycles. The van der Waals surface area contributed by atoms with Crippen molar-refractivity contribution in [3.63, 3.8) is 0 Å². The van der Waals surface area contributed by atoms with Crippen LogP contribution in [0, 0.1) is 5.82 Å². The highest BCUT2D eigenvalue weighted by Gasteiger charge is 2.25. The topological polar surface area (TPSA) is 38.3 Å². The number of ether oxygens (including phenoxy) is 1. The summed E-state index contributed by atoms with van der Waals surface area (Å²) in [6.07, 6.45) is 1.64. The molecule has 1 saturated heterocycles. The minimum absolute atomic E-state index is 0.0248. The molecule has 0 radical (unpaired) electrons. The van der Waals surface area contributed by atoms with Crippen molar-refractivity contribution >= 4 is 11.5 Å². The predicted octanol–water partition coefficient (Wildman–Crippen LogP) is 4.36. The number of Topliss-reactive ketones (excluding diaryl/α,β-unsaturated/α-hetero) is 1. The molecule has 2 aromatic rings. The van der Waals surface area contributed by atoms with Gasteiger partial charge in [0.1, 0.15) is 5.82 Å². The smallest absolute Gasteiger partial charge is 0.164 e. The van der Waals surface area contributed by atoms with Crippen LogP contribution in [0.2, 0.25) is 0 Å². The van der Waals surface area contributed by atoms with Crippen LogP contribution in [0.3, 0.4) is 0 Å². The lowest BCUT2D eigenvalue weighted by atomic mass is 9.96. The molecule has 2 aromatic carbocycles. The fourth-order valence-electron chi connectivity index (χ4n) is 3.05. The van der Waals surface area contributed by atoms with Gasteiger partial charge >= 0.3 is 0 Å². The molecule has 1 heterocycles. The van der Waals surface area contributed by atoms with Gasteiger partial charge in [0.2, 0.25) is 0 Å². The largest absolute Gasteiger partial charge is 0.381 e. The average Bonchev–Trinajstić information content (AvgIpc) is 2.56. The van der Waals surface area contributed by atoms with E-state index in [2.05, 4.69) is 17.4 Å². The van der Waals surface area contributed by atoms with Crippen LogP contribution in [0.1, 0.15) is 41.8 Å². The van der Waals surface area contributed by atoms with E-state index in [4.69, 9.17) is 4.74 Å². The highest BCUT2D eigenvalue weighted by Crippen LogP contribution is 2.30. The fraction of sp³-hybridized carbons (Fsp3) is 0.316. The van der Waals surface area contributed by atoms with Crippen molar-refractivity contribution in [2.45, 2.75) is 31.9 Å². The molecule has 2 atom stereocenters. The Morgan fingerprint density at radius 3 is 2.70 bits per heavy atom. The third-order valence-corrected chi connectivity index (χ3v) is 4.18. The summed E-state index contributed by atoms with van der Waals surface area (Å²) in [4.78, 5) is 11.7. The first-order valence-corrected chi connectivity index (χ1v) is 7.87. The Labute approximate surface area is 135 Å². The van der Waals surface area contributed by atoms with Crippen molar-refractivity contribution in [2.24, 2.45) is 0 Å². The number of benzene rings is 2. The van der Waals surface area contributed by atoms with Crippen molar-refractivity contribution in [1.29, 1.82) is 0 Å². The third-order valence-electron chi connectivity index (χ3n) is 4.18. The van der Waals surface area contributed by atoms with Crippen LogP contribution in [0.5, 0.6) is 0 Å². The van der Waals surface area contributed by atoms with E-state index < -0.39 is 5.82 Å². The number of carbonyl (C=O) groups is 1. The molecule has 1 fully saturated rings. The Morgan fingerprint density at radius 2 is 1.96 bits per heavy atom. The standard InChI is InChI=1S/C19H20FNO2/c1-13(22)19-16(20)8-5-9-17(19)21-15-10-11-23-18(12-15)14-6-3-2-4-7-14/h2-9,15,18,21H,10-12H2,1H3. The Hall–Kier alpha value is -2.20. The zero-order valence-corrected chi connectivity index (χ0v) is 13.1. The maximum Gasteiger partial charge on any atom is 0.164 e. The van der Waals surface area contributed by atoms with Crippen molar-refractivity contribution < 1.29 is 13.9 Å². The van der Waals surface area contributed by atoms with Gasteiger partial charge in [0.25, 0.3) is 0 Å². The van der Waals surface area contributed by atoms with Crippen LogP contribution >= 0.6 is 0 Å². The second kappa shape index (κ2) is 6.92. The lowest BCUT2D eigenvalue weighted by Gasteiger charge is -2.31. The maximum atomic E-state index is 13.9. The van der Waals surface area contributed by atoms with Gasteiger partial charge in [0.05, 0.1) is 11.7 Å². The third kappa shape index (κ3) is 3.59. The van der Waals surface area contributed by atoms with Gasteiger partial charge < -0.3 is 10.1 Å². The Bertz CT molecular complexity index is 687. The summed E-state index contributed by atoms with van der Waals surface area (Å²) in [5.41, 5.74) is 1.84. The zero-order valence-electron chi connectivity index (χ0n) is 13.1. The molecule has 120 valence electrons. The number of hydrogen-bond acceptors (Lipinski definition) is 3. The van der Waals surface area contributed by atoms with Gasteiger partial charge in [0, 0.05) is 18.3 Å². The minimum Gasteiger partial charge on any atom is -0.381 e. The van der Waals surface area contributed by atoms with E-state index in [0.29, 0.717) is 12.3 Å². The molecule has 3 rings (SSSR count). The Morgan fingerprint density at radius 1 is 1.17 bits per heavy atom. The van der Waals surface area contributed by atoms with Gasteiger partial charge in [-0.2, -0.15) is 0 Å². The van der Waals surface area contributed by atoms with E-state index in [1.807, 2.05) is 18.2 Å². The van der Waals surface area contributed by atoms with E-state index in [0.717, 1.165) is 18.4 Å². The van der Waals surface area contributed by atoms with Crippen molar-refractivity contribution in [3.05, 3.63) is 65.5 Å². The summed E-state index contributed by atoms with van der Waals surface area (Å²) >= 11 is 0. The quantitative estimate of drug-likeness (QED) is 0.852. The second-order valence-corrected chi connectivity index (χ2v) is 5.85. The lowest BCUT2D eigenvalue weighted by molar-refractivity contribution is 0.00979. The van der Waals surface area contributed by atoms with Crippen LogP contribution in [0.15, 0.2) is 48.5 Å². The van der Waals surface area contributed by atoms with Crippen molar-refractivity contribution in [2.75, 3.05) is 11.9 Å². The Kier molecular flexibility index (Phi) is 4.72. The van der Waals surface area contributed by atoms with E-state index >= 15 is 0 Å². The average molecular weight is 313 g/mol. The summed E-state index contributed by atoms with van der Waals surface area (Å²) in [6, 6.07) is 14.9. The van der Waals surface area contributed by atoms with Gasteiger partial charge in [0.15, 0.2) is 5.78 Å². The molecule has 1 aliphatic rings. The van der Waals surface area contributed by atoms with Gasteiger partial charge in [-0.1, -0.05) is 36.4 Å². The molecule has 23 heavy (non-hydrogen) atoms. The number of halogens is 1. The normalized spacial score (nSPS) is 21.0. The van der Waals surface area contributed by atoms with Crippen LogP contribution in [0.4, 0.5) is 10.1 Å². The van der Waals surface area contributed by atoms with E-state index in [9.17, 15) is 9.18 Å². The first-order valence-electron chi connectivity index (χ1n) is 7.87. The number of nitrogens with one attached hydrogen (secondary N) is 1. The van der Waals surface area contributed by atoms with Gasteiger partial charge in [-0.3, -0.25) is 4.79 Å². The molecule has 0 aromatic heterocycles. The van der Waals surface area contributed by atoms with Crippen LogP contribution < -0.4 is 5.32 Å². The maximum absolute atomic E-state index is 13.9. The highest BCUT2D eigenvalue weighted by atomic mass is 19.1. The number of ketones is 1. The monoisotopic (exact) mass is 313 g/mol. The summed E-state index contributed by atoms with van der Waals surface area (Å²) in [6.45, 7) is 2.03. The molecule has 3 nitrogen and oxygen atoms in total. The predicted molar refractivity (Wildman–Crippen MR) is 88.2 cm³/mol. The molecular formula is C19H20FNO2. The first kappa shape index (κ1) is 15.7. The number of rotatable bonds is 4. The van der Waals surface area contributed by atoms with Gasteiger partial charge in [-0.15, -0.1) is 0 Å². The summed E-state index contributed by atoms with van der Waals surface area (Å²) in [5, 5.41) is 3.33. The van der Waals surface area contributed by atoms with Gasteiger partial charge in [-0.25, -0.2) is 4.39 Å². The van der Waals surface area contributed by atoms with Crippen molar-refractivity contribution in [1.82, 2.24) is 0 Å². The minimum atomic E-state index is -0.478. The molecule has 0 aliphatic carbocycles. The number of carbonyl (C=O) groups excluding carboxylic acids is 1. The molecule has 0 spiro atoms.